The summed E-state index contributed by atoms with van der Waals surface area (Å²) in [5.74, 6) is 0. The molecule has 2 rings (SSSR count). The number of hydrogen-bond donors (Lipinski definition) is 1. The van der Waals surface area contributed by atoms with Crippen molar-refractivity contribution >= 4 is 0 Å². The molecule has 2 aromatic rings. The van der Waals surface area contributed by atoms with Gasteiger partial charge in [-0.15, -0.1) is 0 Å². The predicted molar refractivity (Wildman–Crippen MR) is 80.8 cm³/mol. The van der Waals surface area contributed by atoms with Crippen LogP contribution < -0.4 is 5.43 Å². The number of hydrogen-bond acceptors (Lipinski definition) is 2. The van der Waals surface area contributed by atoms with Gasteiger partial charge < -0.3 is 0 Å². The maximum absolute atomic E-state index is 3.50. The minimum atomic E-state index is 0.358. The molecular formula is C17H22N2. The summed E-state index contributed by atoms with van der Waals surface area (Å²) in [4.78, 5) is 0. The van der Waals surface area contributed by atoms with E-state index in [0.29, 0.717) is 6.04 Å². The summed E-state index contributed by atoms with van der Waals surface area (Å²) in [6.45, 7) is 0. The van der Waals surface area contributed by atoms with Gasteiger partial charge in [-0.05, 0) is 24.0 Å². The molecule has 0 saturated heterocycles. The molecule has 0 aromatic heterocycles. The van der Waals surface area contributed by atoms with Crippen LogP contribution in [0.2, 0.25) is 0 Å². The Labute approximate surface area is 116 Å². The van der Waals surface area contributed by atoms with Crippen LogP contribution in [0.25, 0.3) is 0 Å². The van der Waals surface area contributed by atoms with Gasteiger partial charge in [0.05, 0.1) is 0 Å². The fourth-order valence-electron chi connectivity index (χ4n) is 2.26. The van der Waals surface area contributed by atoms with Crippen molar-refractivity contribution in [1.82, 2.24) is 10.4 Å². The number of hydrazine groups is 1. The van der Waals surface area contributed by atoms with Crippen molar-refractivity contribution in [3.05, 3.63) is 71.8 Å². The molecule has 0 aliphatic carbocycles. The zero-order valence-electron chi connectivity index (χ0n) is 11.7. The van der Waals surface area contributed by atoms with Crippen molar-refractivity contribution in [2.24, 2.45) is 0 Å². The molecular weight excluding hydrogens is 232 g/mol. The largest absolute Gasteiger partial charge is 0.250 e. The maximum Gasteiger partial charge on any atom is 0.0467 e. The van der Waals surface area contributed by atoms with Gasteiger partial charge in [-0.3, -0.25) is 5.01 Å². The number of nitrogens with zero attached hydrogens (tertiary/aromatic N) is 1. The first-order valence-corrected chi connectivity index (χ1v) is 6.78. The molecule has 0 fully saturated rings. The molecule has 0 aliphatic heterocycles. The standard InChI is InChI=1S/C17H22N2/c1-19(2)18-17(16-11-7-4-8-12-16)14-13-15-9-5-3-6-10-15/h3-12,17-18H,13-14H2,1-2H3. The van der Waals surface area contributed by atoms with E-state index in [1.807, 2.05) is 19.1 Å². The SMILES string of the molecule is CN(C)NC(CCc1ccccc1)c1ccccc1. The topological polar surface area (TPSA) is 15.3 Å². The van der Waals surface area contributed by atoms with Crippen molar-refractivity contribution in [3.63, 3.8) is 0 Å². The van der Waals surface area contributed by atoms with Crippen LogP contribution in [0.15, 0.2) is 60.7 Å². The lowest BCUT2D eigenvalue weighted by Gasteiger charge is -2.23. The molecule has 2 nitrogen and oxygen atoms in total. The van der Waals surface area contributed by atoms with Gasteiger partial charge in [0.25, 0.3) is 0 Å². The highest BCUT2D eigenvalue weighted by Gasteiger charge is 2.11. The van der Waals surface area contributed by atoms with Crippen LogP contribution >= 0.6 is 0 Å². The van der Waals surface area contributed by atoms with Crippen LogP contribution in [0.1, 0.15) is 23.6 Å². The molecule has 0 bridgehead atoms. The first kappa shape index (κ1) is 13.8. The third-order valence-corrected chi connectivity index (χ3v) is 3.18. The number of aryl methyl sites for hydroxylation is 1. The summed E-state index contributed by atoms with van der Waals surface area (Å²) < 4.78 is 0. The third kappa shape index (κ3) is 4.51. The highest BCUT2D eigenvalue weighted by atomic mass is 15.5. The van der Waals surface area contributed by atoms with E-state index in [2.05, 4.69) is 66.1 Å². The van der Waals surface area contributed by atoms with Crippen molar-refractivity contribution < 1.29 is 0 Å². The molecule has 19 heavy (non-hydrogen) atoms. The molecule has 1 atom stereocenters. The first-order valence-electron chi connectivity index (χ1n) is 6.78. The van der Waals surface area contributed by atoms with E-state index in [0.717, 1.165) is 12.8 Å². The highest BCUT2D eigenvalue weighted by Crippen LogP contribution is 2.19. The van der Waals surface area contributed by atoms with E-state index in [9.17, 15) is 0 Å². The van der Waals surface area contributed by atoms with Gasteiger partial charge in [-0.1, -0.05) is 60.7 Å². The fourth-order valence-corrected chi connectivity index (χ4v) is 2.26. The Kier molecular flexibility index (Phi) is 5.13. The number of nitrogens with one attached hydrogen (secondary N) is 1. The van der Waals surface area contributed by atoms with Gasteiger partial charge in [0.15, 0.2) is 0 Å². The van der Waals surface area contributed by atoms with Crippen molar-refractivity contribution in [2.45, 2.75) is 18.9 Å². The van der Waals surface area contributed by atoms with Crippen LogP contribution in [0.4, 0.5) is 0 Å². The maximum atomic E-state index is 3.50. The summed E-state index contributed by atoms with van der Waals surface area (Å²) in [6, 6.07) is 21.6. The molecule has 1 unspecified atom stereocenters. The Morgan fingerprint density at radius 2 is 1.47 bits per heavy atom. The second-order valence-corrected chi connectivity index (χ2v) is 5.01. The van der Waals surface area contributed by atoms with Gasteiger partial charge in [0.2, 0.25) is 0 Å². The van der Waals surface area contributed by atoms with Crippen molar-refractivity contribution in [2.75, 3.05) is 14.1 Å². The van der Waals surface area contributed by atoms with Crippen molar-refractivity contribution in [1.29, 1.82) is 0 Å². The quantitative estimate of drug-likeness (QED) is 0.795. The summed E-state index contributed by atoms with van der Waals surface area (Å²) >= 11 is 0. The minimum Gasteiger partial charge on any atom is -0.250 e. The second-order valence-electron chi connectivity index (χ2n) is 5.01. The van der Waals surface area contributed by atoms with Crippen LogP contribution in [0.5, 0.6) is 0 Å². The monoisotopic (exact) mass is 254 g/mol. The molecule has 0 heterocycles. The lowest BCUT2D eigenvalue weighted by Crippen LogP contribution is -2.34. The molecule has 2 aromatic carbocycles. The van der Waals surface area contributed by atoms with E-state index in [4.69, 9.17) is 0 Å². The zero-order valence-corrected chi connectivity index (χ0v) is 11.7. The average molecular weight is 254 g/mol. The van der Waals surface area contributed by atoms with Gasteiger partial charge in [0, 0.05) is 20.1 Å². The lowest BCUT2D eigenvalue weighted by molar-refractivity contribution is 0.235. The van der Waals surface area contributed by atoms with Crippen LogP contribution in [-0.2, 0) is 6.42 Å². The molecule has 0 aliphatic rings. The van der Waals surface area contributed by atoms with Gasteiger partial charge >= 0.3 is 0 Å². The van der Waals surface area contributed by atoms with Gasteiger partial charge in [0.1, 0.15) is 0 Å². The summed E-state index contributed by atoms with van der Waals surface area (Å²) in [5.41, 5.74) is 6.23. The van der Waals surface area contributed by atoms with E-state index in [1.54, 1.807) is 0 Å². The molecule has 1 N–H and O–H groups in total. The van der Waals surface area contributed by atoms with Crippen LogP contribution in [-0.4, -0.2) is 19.1 Å². The molecule has 2 heteroatoms. The fraction of sp³-hybridized carbons (Fsp3) is 0.294. The number of rotatable bonds is 6. The van der Waals surface area contributed by atoms with E-state index >= 15 is 0 Å². The lowest BCUT2D eigenvalue weighted by atomic mass is 9.99. The second kappa shape index (κ2) is 7.07. The Bertz CT molecular complexity index is 465. The third-order valence-electron chi connectivity index (χ3n) is 3.18. The van der Waals surface area contributed by atoms with E-state index < -0.39 is 0 Å². The van der Waals surface area contributed by atoms with E-state index in [-0.39, 0.29) is 0 Å². The smallest absolute Gasteiger partial charge is 0.0467 e. The molecule has 0 radical (unpaired) electrons. The number of benzene rings is 2. The Balaban J connectivity index is 2.02. The normalized spacial score (nSPS) is 12.6. The predicted octanol–water partition coefficient (Wildman–Crippen LogP) is 3.43. The summed E-state index contributed by atoms with van der Waals surface area (Å²) in [6.07, 6.45) is 2.17. The Morgan fingerprint density at radius 1 is 0.895 bits per heavy atom. The van der Waals surface area contributed by atoms with E-state index in [1.165, 1.54) is 11.1 Å². The Morgan fingerprint density at radius 3 is 2.05 bits per heavy atom. The highest BCUT2D eigenvalue weighted by molar-refractivity contribution is 5.20. The Hall–Kier alpha value is -1.64. The molecule has 100 valence electrons. The average Bonchev–Trinajstić information content (AvgIpc) is 2.45. The molecule has 0 saturated carbocycles. The minimum absolute atomic E-state index is 0.358. The molecule has 0 amide bonds. The van der Waals surface area contributed by atoms with Crippen molar-refractivity contribution in [3.8, 4) is 0 Å². The summed E-state index contributed by atoms with van der Waals surface area (Å²) in [7, 11) is 4.08. The van der Waals surface area contributed by atoms with Crippen LogP contribution in [0, 0.1) is 0 Å². The van der Waals surface area contributed by atoms with Gasteiger partial charge in [-0.2, -0.15) is 0 Å². The first-order chi connectivity index (χ1) is 9.25. The zero-order chi connectivity index (χ0) is 13.5. The van der Waals surface area contributed by atoms with Gasteiger partial charge in [-0.25, -0.2) is 5.43 Å². The summed E-state index contributed by atoms with van der Waals surface area (Å²) in [5, 5.41) is 2.03. The molecule has 0 spiro atoms. The van der Waals surface area contributed by atoms with Crippen LogP contribution in [0.3, 0.4) is 0 Å².